The smallest absolute Gasteiger partial charge is 0.302 e. The van der Waals surface area contributed by atoms with E-state index >= 15 is 0 Å². The number of carbonyl (C=O) groups is 1. The predicted molar refractivity (Wildman–Crippen MR) is 107 cm³/mol. The molecule has 0 amide bonds. The molecule has 0 heterocycles. The molecule has 4 aliphatic rings. The first kappa shape index (κ1) is 19.7. The molecule has 0 aromatic carbocycles. The van der Waals surface area contributed by atoms with Crippen molar-refractivity contribution in [2.24, 2.45) is 46.3 Å². The molecule has 9 atom stereocenters. The Bertz CT molecular complexity index is 574. The minimum atomic E-state index is -0.172. The zero-order chi connectivity index (χ0) is 19.4. The molecule has 3 nitrogen and oxygen atoms in total. The van der Waals surface area contributed by atoms with E-state index < -0.39 is 0 Å². The van der Waals surface area contributed by atoms with Crippen LogP contribution in [0.15, 0.2) is 0 Å². The molecule has 4 rings (SSSR count). The Morgan fingerprint density at radius 1 is 1.11 bits per heavy atom. The Morgan fingerprint density at radius 3 is 2.63 bits per heavy atom. The third-order valence-electron chi connectivity index (χ3n) is 9.82. The molecule has 2 unspecified atom stereocenters. The van der Waals surface area contributed by atoms with Gasteiger partial charge in [0.1, 0.15) is 0 Å². The summed E-state index contributed by atoms with van der Waals surface area (Å²) in [6.45, 7) is 9.26. The van der Waals surface area contributed by atoms with Crippen LogP contribution in [0.25, 0.3) is 0 Å². The van der Waals surface area contributed by atoms with Crippen molar-refractivity contribution in [3.05, 3.63) is 0 Å². The first-order chi connectivity index (χ1) is 12.8. The summed E-state index contributed by atoms with van der Waals surface area (Å²) in [5.41, 5.74) is 0.571. The molecular weight excluding hydrogens is 336 g/mol. The van der Waals surface area contributed by atoms with Gasteiger partial charge in [-0.2, -0.15) is 0 Å². The highest BCUT2D eigenvalue weighted by Crippen LogP contribution is 2.68. The first-order valence-electron chi connectivity index (χ1n) is 11.6. The summed E-state index contributed by atoms with van der Waals surface area (Å²) < 4.78 is 5.36. The molecular formula is C24H40O3. The third-order valence-corrected chi connectivity index (χ3v) is 9.82. The normalized spacial score (nSPS) is 50.3. The molecule has 0 radical (unpaired) electrons. The average molecular weight is 377 g/mol. The van der Waals surface area contributed by atoms with Crippen molar-refractivity contribution in [1.82, 2.24) is 0 Å². The van der Waals surface area contributed by atoms with Gasteiger partial charge in [0.2, 0.25) is 0 Å². The molecule has 27 heavy (non-hydrogen) atoms. The van der Waals surface area contributed by atoms with E-state index in [1.54, 1.807) is 0 Å². The molecule has 4 saturated carbocycles. The van der Waals surface area contributed by atoms with Crippen LogP contribution in [0.1, 0.15) is 85.5 Å². The quantitative estimate of drug-likeness (QED) is 0.688. The monoisotopic (exact) mass is 376 g/mol. The van der Waals surface area contributed by atoms with Crippen LogP contribution in [-0.4, -0.2) is 23.8 Å². The van der Waals surface area contributed by atoms with Crippen molar-refractivity contribution in [3.8, 4) is 0 Å². The highest BCUT2D eigenvalue weighted by Gasteiger charge is 2.62. The number of carbonyl (C=O) groups excluding carboxylic acids is 1. The minimum Gasteiger partial charge on any atom is -0.466 e. The van der Waals surface area contributed by atoms with Crippen LogP contribution in [0, 0.1) is 46.3 Å². The van der Waals surface area contributed by atoms with Crippen molar-refractivity contribution >= 4 is 5.97 Å². The number of hydrogen-bond donors (Lipinski definition) is 1. The van der Waals surface area contributed by atoms with Crippen LogP contribution in [0.4, 0.5) is 0 Å². The maximum atomic E-state index is 11.5. The van der Waals surface area contributed by atoms with E-state index in [1.807, 2.05) is 0 Å². The zero-order valence-electron chi connectivity index (χ0n) is 17.9. The van der Waals surface area contributed by atoms with E-state index in [-0.39, 0.29) is 17.5 Å². The number of ether oxygens (including phenoxy) is 1. The third kappa shape index (κ3) is 3.07. The molecule has 0 saturated heterocycles. The van der Waals surface area contributed by atoms with Crippen LogP contribution < -0.4 is 0 Å². The van der Waals surface area contributed by atoms with Gasteiger partial charge in [0.15, 0.2) is 0 Å². The van der Waals surface area contributed by atoms with Gasteiger partial charge in [-0.05, 0) is 91.3 Å². The highest BCUT2D eigenvalue weighted by molar-refractivity contribution is 5.65. The van der Waals surface area contributed by atoms with E-state index in [9.17, 15) is 9.90 Å². The fraction of sp³-hybridized carbons (Fsp3) is 0.958. The van der Waals surface area contributed by atoms with Crippen molar-refractivity contribution in [2.75, 3.05) is 6.61 Å². The molecule has 4 aliphatic carbocycles. The summed E-state index contributed by atoms with van der Waals surface area (Å²) in [6, 6.07) is 0. The lowest BCUT2D eigenvalue weighted by Gasteiger charge is -2.62. The van der Waals surface area contributed by atoms with Gasteiger partial charge in [0.05, 0.1) is 12.7 Å². The van der Waals surface area contributed by atoms with Gasteiger partial charge in [-0.15, -0.1) is 0 Å². The topological polar surface area (TPSA) is 46.5 Å². The van der Waals surface area contributed by atoms with Crippen LogP contribution in [0.2, 0.25) is 0 Å². The Labute approximate surface area is 165 Å². The zero-order valence-corrected chi connectivity index (χ0v) is 17.9. The number of hydrogen-bond acceptors (Lipinski definition) is 3. The first-order valence-corrected chi connectivity index (χ1v) is 11.6. The van der Waals surface area contributed by atoms with Crippen LogP contribution in [0.3, 0.4) is 0 Å². The Kier molecular flexibility index (Phi) is 5.15. The van der Waals surface area contributed by atoms with Crippen LogP contribution >= 0.6 is 0 Å². The molecule has 0 spiro atoms. The van der Waals surface area contributed by atoms with E-state index in [1.165, 1.54) is 58.3 Å². The van der Waals surface area contributed by atoms with Gasteiger partial charge >= 0.3 is 5.97 Å². The number of esters is 1. The van der Waals surface area contributed by atoms with E-state index in [0.29, 0.717) is 35.7 Å². The fourth-order valence-electron chi connectivity index (χ4n) is 8.76. The van der Waals surface area contributed by atoms with Crippen LogP contribution in [0.5, 0.6) is 0 Å². The van der Waals surface area contributed by atoms with Gasteiger partial charge < -0.3 is 9.84 Å². The summed E-state index contributed by atoms with van der Waals surface area (Å²) in [5.74, 6) is 3.57. The number of aliphatic hydroxyl groups is 1. The van der Waals surface area contributed by atoms with Gasteiger partial charge in [0.25, 0.3) is 0 Å². The molecule has 1 N–H and O–H groups in total. The van der Waals surface area contributed by atoms with E-state index in [0.717, 1.165) is 18.3 Å². The number of rotatable bonds is 3. The highest BCUT2D eigenvalue weighted by atomic mass is 16.5. The summed E-state index contributed by atoms with van der Waals surface area (Å²) in [4.78, 5) is 11.3. The largest absolute Gasteiger partial charge is 0.466 e. The van der Waals surface area contributed by atoms with E-state index in [2.05, 4.69) is 20.8 Å². The summed E-state index contributed by atoms with van der Waals surface area (Å²) >= 11 is 0. The average Bonchev–Trinajstić information content (AvgIpc) is 2.95. The SMILES string of the molecule is CC(=O)OCC(C)[C@H]1CC[C@H]2[C@@H]3CCC4CCCC[C@]4(C)[C@H]3[C@@H](O)C[C@]12C. The van der Waals surface area contributed by atoms with Crippen molar-refractivity contribution in [3.63, 3.8) is 0 Å². The Morgan fingerprint density at radius 2 is 1.89 bits per heavy atom. The van der Waals surface area contributed by atoms with Gasteiger partial charge in [-0.3, -0.25) is 4.79 Å². The molecule has 0 bridgehead atoms. The van der Waals surface area contributed by atoms with Gasteiger partial charge in [-0.25, -0.2) is 0 Å². The maximum absolute atomic E-state index is 11.5. The molecule has 0 aromatic rings. The van der Waals surface area contributed by atoms with Gasteiger partial charge in [0, 0.05) is 6.92 Å². The fourth-order valence-corrected chi connectivity index (χ4v) is 8.76. The Balaban J connectivity index is 1.57. The second-order valence-corrected chi connectivity index (χ2v) is 11.1. The standard InChI is InChI=1S/C24H40O3/c1-15(14-27-16(2)25)19-10-11-20-18-9-8-17-7-5-6-12-23(17,3)22(18)21(26)13-24(19,20)4/h15,17-22,26H,5-14H2,1-4H3/t15?,17?,18-,19+,20-,21-,22+,23-,24+/m0/s1. The van der Waals surface area contributed by atoms with E-state index in [4.69, 9.17) is 4.74 Å². The number of fused-ring (bicyclic) bond motifs is 5. The molecule has 3 heteroatoms. The molecule has 0 aliphatic heterocycles. The number of aliphatic hydroxyl groups excluding tert-OH is 1. The predicted octanol–water partition coefficient (Wildman–Crippen LogP) is 5.21. The second-order valence-electron chi connectivity index (χ2n) is 11.1. The summed E-state index contributed by atoms with van der Waals surface area (Å²) in [7, 11) is 0. The maximum Gasteiger partial charge on any atom is 0.302 e. The Hall–Kier alpha value is -0.570. The lowest BCUT2D eigenvalue weighted by Crippen LogP contribution is -2.58. The molecule has 0 aromatic heterocycles. The minimum absolute atomic E-state index is 0.149. The van der Waals surface area contributed by atoms with Crippen molar-refractivity contribution in [2.45, 2.75) is 91.6 Å². The second kappa shape index (κ2) is 7.04. The summed E-state index contributed by atoms with van der Waals surface area (Å²) in [6.07, 6.45) is 11.5. The van der Waals surface area contributed by atoms with Crippen molar-refractivity contribution < 1.29 is 14.6 Å². The van der Waals surface area contributed by atoms with Gasteiger partial charge in [-0.1, -0.05) is 33.6 Å². The lowest BCUT2D eigenvalue weighted by atomic mass is 9.44. The summed E-state index contributed by atoms with van der Waals surface area (Å²) in [5, 5.41) is 11.5. The van der Waals surface area contributed by atoms with Crippen LogP contribution in [-0.2, 0) is 9.53 Å². The molecule has 4 fully saturated rings. The van der Waals surface area contributed by atoms with Crippen molar-refractivity contribution in [1.29, 1.82) is 0 Å². The lowest BCUT2D eigenvalue weighted by molar-refractivity contribution is -0.173. The molecule has 154 valence electrons.